The van der Waals surface area contributed by atoms with Crippen LogP contribution in [0.4, 0.5) is 34.1 Å². The summed E-state index contributed by atoms with van der Waals surface area (Å²) in [7, 11) is 0. The van der Waals surface area contributed by atoms with Crippen LogP contribution in [0.25, 0.3) is 53.2 Å². The molecule has 0 amide bonds. The highest BCUT2D eigenvalue weighted by Gasteiger charge is 2.22. The number of hydrogen-bond donors (Lipinski definition) is 0. The van der Waals surface area contributed by atoms with E-state index in [-0.39, 0.29) is 0 Å². The summed E-state index contributed by atoms with van der Waals surface area (Å²) in [6.07, 6.45) is 0. The van der Waals surface area contributed by atoms with Crippen molar-refractivity contribution in [1.29, 1.82) is 0 Å². The number of benzene rings is 8. The van der Waals surface area contributed by atoms with E-state index in [1.54, 1.807) is 0 Å². The molecule has 10 rings (SSSR count). The molecule has 4 heteroatoms. The largest absolute Gasteiger partial charge is 0.456 e. The zero-order valence-corrected chi connectivity index (χ0v) is 29.0. The minimum absolute atomic E-state index is 0.872. The molecule has 0 aliphatic rings. The van der Waals surface area contributed by atoms with Gasteiger partial charge in [-0.2, -0.15) is 0 Å². The summed E-state index contributed by atoms with van der Waals surface area (Å²) in [5.74, 6) is 0. The fourth-order valence-corrected chi connectivity index (χ4v) is 8.75. The highest BCUT2D eigenvalue weighted by atomic mass is 32.1. The third-order valence-corrected chi connectivity index (χ3v) is 11.1. The molecular formula is C48H32N2OS. The van der Waals surface area contributed by atoms with E-state index in [0.717, 1.165) is 56.1 Å². The average Bonchev–Trinajstić information content (AvgIpc) is 3.79. The fraction of sp³-hybridized carbons (Fsp3) is 0. The maximum absolute atomic E-state index is 6.42. The van der Waals surface area contributed by atoms with Gasteiger partial charge in [-0.3, -0.25) is 0 Å². The van der Waals surface area contributed by atoms with E-state index in [1.165, 1.54) is 31.3 Å². The number of nitrogens with zero attached hydrogens (tertiary/aromatic N) is 2. The van der Waals surface area contributed by atoms with Crippen molar-refractivity contribution in [3.63, 3.8) is 0 Å². The van der Waals surface area contributed by atoms with Crippen molar-refractivity contribution in [1.82, 2.24) is 0 Å². The third kappa shape index (κ3) is 5.12. The van der Waals surface area contributed by atoms with E-state index in [1.807, 2.05) is 23.5 Å². The van der Waals surface area contributed by atoms with E-state index >= 15 is 0 Å². The molecule has 0 atom stereocenters. The van der Waals surface area contributed by atoms with Crippen LogP contribution in [-0.4, -0.2) is 0 Å². The summed E-state index contributed by atoms with van der Waals surface area (Å²) >= 11 is 1.85. The summed E-state index contributed by atoms with van der Waals surface area (Å²) in [6, 6.07) is 69.0. The van der Waals surface area contributed by atoms with Crippen LogP contribution in [0.3, 0.4) is 0 Å². The maximum Gasteiger partial charge on any atom is 0.137 e. The van der Waals surface area contributed by atoms with Gasteiger partial charge in [0, 0.05) is 50.4 Å². The van der Waals surface area contributed by atoms with Crippen molar-refractivity contribution in [2.24, 2.45) is 0 Å². The van der Waals surface area contributed by atoms with Crippen molar-refractivity contribution < 1.29 is 4.42 Å². The van der Waals surface area contributed by atoms with Crippen LogP contribution in [0.5, 0.6) is 0 Å². The van der Waals surface area contributed by atoms with Crippen LogP contribution >= 0.6 is 11.3 Å². The number of hydrogen-bond acceptors (Lipinski definition) is 4. The second-order valence-corrected chi connectivity index (χ2v) is 14.0. The van der Waals surface area contributed by atoms with Crippen LogP contribution in [0.15, 0.2) is 199 Å². The van der Waals surface area contributed by atoms with Crippen LogP contribution in [0.1, 0.15) is 0 Å². The van der Waals surface area contributed by atoms with Gasteiger partial charge in [-0.15, -0.1) is 11.3 Å². The molecule has 0 fully saturated rings. The first kappa shape index (κ1) is 30.2. The second-order valence-electron chi connectivity index (χ2n) is 12.9. The van der Waals surface area contributed by atoms with Gasteiger partial charge in [0.05, 0.1) is 20.8 Å². The Hall–Kier alpha value is -6.62. The molecule has 0 aliphatic carbocycles. The van der Waals surface area contributed by atoms with Gasteiger partial charge in [0.2, 0.25) is 0 Å². The van der Waals surface area contributed by atoms with Crippen molar-refractivity contribution in [3.05, 3.63) is 194 Å². The van der Waals surface area contributed by atoms with Crippen molar-refractivity contribution in [2.45, 2.75) is 0 Å². The topological polar surface area (TPSA) is 19.6 Å². The molecule has 246 valence electrons. The summed E-state index contributed by atoms with van der Waals surface area (Å²) in [5, 5.41) is 4.72. The Balaban J connectivity index is 1.19. The first-order valence-corrected chi connectivity index (χ1v) is 18.3. The molecule has 0 N–H and O–H groups in total. The van der Waals surface area contributed by atoms with E-state index < -0.39 is 0 Å². The van der Waals surface area contributed by atoms with Gasteiger partial charge in [0.1, 0.15) is 11.2 Å². The number of anilines is 6. The summed E-state index contributed by atoms with van der Waals surface area (Å²) < 4.78 is 8.89. The minimum atomic E-state index is 0.872. The van der Waals surface area contributed by atoms with Gasteiger partial charge in [0.25, 0.3) is 0 Å². The van der Waals surface area contributed by atoms with Crippen LogP contribution in [-0.2, 0) is 0 Å². The number of fused-ring (bicyclic) bond motifs is 6. The number of thiophene rings is 1. The predicted molar refractivity (Wildman–Crippen MR) is 221 cm³/mol. The normalized spacial score (nSPS) is 11.5. The van der Waals surface area contributed by atoms with Crippen molar-refractivity contribution in [3.8, 4) is 11.1 Å². The average molecular weight is 685 g/mol. The maximum atomic E-state index is 6.42. The Labute approximate surface area is 305 Å². The summed E-state index contributed by atoms with van der Waals surface area (Å²) in [6.45, 7) is 0. The first-order valence-electron chi connectivity index (χ1n) is 17.5. The van der Waals surface area contributed by atoms with E-state index in [9.17, 15) is 0 Å². The first-order chi connectivity index (χ1) is 25.8. The van der Waals surface area contributed by atoms with Crippen molar-refractivity contribution in [2.75, 3.05) is 9.80 Å². The molecule has 2 heterocycles. The van der Waals surface area contributed by atoms with Crippen LogP contribution in [0.2, 0.25) is 0 Å². The zero-order chi connectivity index (χ0) is 34.4. The quantitative estimate of drug-likeness (QED) is 0.167. The van der Waals surface area contributed by atoms with Gasteiger partial charge in [0.15, 0.2) is 0 Å². The molecule has 3 nitrogen and oxygen atoms in total. The standard InChI is InChI=1S/C48H32N2OS/c1-4-14-33(15-5-1)34-26-28-37(29-27-34)50(38-30-31-40-39-20-10-11-25-45(39)51-46(40)32-38)44-24-13-22-42-41-21-12-23-43(47(41)52-48(42)44)49(35-16-6-2-7-17-35)36-18-8-3-9-19-36/h1-32H. The molecule has 0 saturated heterocycles. The lowest BCUT2D eigenvalue weighted by molar-refractivity contribution is 0.669. The lowest BCUT2D eigenvalue weighted by Crippen LogP contribution is -2.10. The monoisotopic (exact) mass is 684 g/mol. The Morgan fingerprint density at radius 2 is 0.788 bits per heavy atom. The summed E-state index contributed by atoms with van der Waals surface area (Å²) in [4.78, 5) is 4.75. The smallest absolute Gasteiger partial charge is 0.137 e. The molecular weight excluding hydrogens is 653 g/mol. The van der Waals surface area contributed by atoms with E-state index in [4.69, 9.17) is 4.42 Å². The number of furan rings is 1. The molecule has 0 saturated carbocycles. The van der Waals surface area contributed by atoms with E-state index in [2.05, 4.69) is 192 Å². The SMILES string of the molecule is c1ccc(-c2ccc(N(c3ccc4c(c3)oc3ccccc34)c3cccc4c3sc3c(N(c5ccccc5)c5ccccc5)cccc34)cc2)cc1. The molecule has 0 aliphatic heterocycles. The molecule has 2 aromatic heterocycles. The third-order valence-electron chi connectivity index (χ3n) is 9.85. The zero-order valence-electron chi connectivity index (χ0n) is 28.2. The molecule has 10 aromatic rings. The van der Waals surface area contributed by atoms with Gasteiger partial charge >= 0.3 is 0 Å². The Morgan fingerprint density at radius 1 is 0.327 bits per heavy atom. The Bertz CT molecular complexity index is 2800. The fourth-order valence-electron chi connectivity index (χ4n) is 7.44. The van der Waals surface area contributed by atoms with Gasteiger partial charge < -0.3 is 14.2 Å². The van der Waals surface area contributed by atoms with Gasteiger partial charge in [-0.25, -0.2) is 0 Å². The van der Waals surface area contributed by atoms with Gasteiger partial charge in [-0.1, -0.05) is 121 Å². The van der Waals surface area contributed by atoms with E-state index in [0.29, 0.717) is 0 Å². The number of rotatable bonds is 7. The molecule has 0 spiro atoms. The highest BCUT2D eigenvalue weighted by molar-refractivity contribution is 7.27. The predicted octanol–water partition coefficient (Wildman–Crippen LogP) is 14.6. The molecule has 0 unspecified atom stereocenters. The van der Waals surface area contributed by atoms with Gasteiger partial charge in [-0.05, 0) is 77.9 Å². The highest BCUT2D eigenvalue weighted by Crippen LogP contribution is 2.49. The number of para-hydroxylation sites is 3. The van der Waals surface area contributed by atoms with Crippen molar-refractivity contribution >= 4 is 87.6 Å². The van der Waals surface area contributed by atoms with Crippen LogP contribution in [0, 0.1) is 0 Å². The molecule has 8 aromatic carbocycles. The lowest BCUT2D eigenvalue weighted by Gasteiger charge is -2.26. The lowest BCUT2D eigenvalue weighted by atomic mass is 10.0. The Morgan fingerprint density at radius 3 is 1.42 bits per heavy atom. The second kappa shape index (κ2) is 12.6. The Kier molecular flexibility index (Phi) is 7.33. The molecule has 0 bridgehead atoms. The minimum Gasteiger partial charge on any atom is -0.456 e. The molecule has 52 heavy (non-hydrogen) atoms. The van der Waals surface area contributed by atoms with Crippen LogP contribution < -0.4 is 9.80 Å². The molecule has 0 radical (unpaired) electrons. The summed E-state index contributed by atoms with van der Waals surface area (Å²) in [5.41, 5.74) is 10.8.